The molecule has 4 amide bonds. The molecule has 0 aromatic carbocycles. The highest BCUT2D eigenvalue weighted by atomic mass is 32.3. The highest BCUT2D eigenvalue weighted by Gasteiger charge is 2.64. The first kappa shape index (κ1) is 30.5. The van der Waals surface area contributed by atoms with Gasteiger partial charge in [0, 0.05) is 25.6 Å². The maximum atomic E-state index is 13.0. The number of hydrogen-bond donors (Lipinski definition) is 3. The summed E-state index contributed by atoms with van der Waals surface area (Å²) in [4.78, 5) is 43.2. The van der Waals surface area contributed by atoms with Crippen LogP contribution in [0.15, 0.2) is 15.6 Å². The molecule has 0 unspecified atom stereocenters. The molecule has 1 spiro atoms. The van der Waals surface area contributed by atoms with E-state index in [0.29, 0.717) is 17.9 Å². The van der Waals surface area contributed by atoms with Crippen molar-refractivity contribution in [3.63, 3.8) is 0 Å². The lowest BCUT2D eigenvalue weighted by Crippen LogP contribution is -2.47. The first-order valence-corrected chi connectivity index (χ1v) is 14.5. The van der Waals surface area contributed by atoms with Crippen LogP contribution in [0.25, 0.3) is 0 Å². The first-order chi connectivity index (χ1) is 18.8. The third kappa shape index (κ3) is 7.85. The zero-order valence-corrected chi connectivity index (χ0v) is 24.6. The van der Waals surface area contributed by atoms with Crippen molar-refractivity contribution >= 4 is 34.6 Å². The van der Waals surface area contributed by atoms with Crippen LogP contribution in [0.2, 0.25) is 0 Å². The largest absolute Gasteiger partial charge is 0.444 e. The average Bonchev–Trinajstić information content (AvgIpc) is 3.28. The summed E-state index contributed by atoms with van der Waals surface area (Å²) >= 11 is 0. The van der Waals surface area contributed by atoms with Crippen molar-refractivity contribution in [1.29, 1.82) is 0 Å². The Bertz CT molecular complexity index is 1290. The van der Waals surface area contributed by atoms with Crippen molar-refractivity contribution in [2.75, 3.05) is 13.1 Å². The van der Waals surface area contributed by atoms with Crippen molar-refractivity contribution in [3.05, 3.63) is 17.5 Å². The number of carbonyl (C=O) groups is 3. The number of guanidine groups is 1. The number of piperidine rings is 1. The maximum absolute atomic E-state index is 13.0. The van der Waals surface area contributed by atoms with E-state index >= 15 is 0 Å². The summed E-state index contributed by atoms with van der Waals surface area (Å²) < 4.78 is 52.3. The molecule has 3 N–H and O–H groups in total. The molecule has 1 saturated carbocycles. The number of nitrogens with one attached hydrogen (secondary N) is 2. The number of alkyl carbamates (subject to hydrolysis) is 2. The Hall–Kier alpha value is -3.44. The molecule has 4 rings (SSSR count). The Morgan fingerprint density at radius 1 is 1.15 bits per heavy atom. The van der Waals surface area contributed by atoms with E-state index in [1.165, 1.54) is 4.90 Å². The van der Waals surface area contributed by atoms with Crippen LogP contribution in [0.1, 0.15) is 78.3 Å². The molecule has 2 bridgehead atoms. The molecule has 0 radical (unpaired) electrons. The second kappa shape index (κ2) is 10.8. The van der Waals surface area contributed by atoms with Crippen LogP contribution in [-0.4, -0.2) is 82.6 Å². The van der Waals surface area contributed by atoms with E-state index in [4.69, 9.17) is 18.5 Å². The van der Waals surface area contributed by atoms with Gasteiger partial charge in [0.05, 0.1) is 12.1 Å². The Labute approximate surface area is 237 Å². The van der Waals surface area contributed by atoms with E-state index in [-0.39, 0.29) is 30.9 Å². The lowest BCUT2D eigenvalue weighted by Gasteiger charge is -2.35. The summed E-state index contributed by atoms with van der Waals surface area (Å²) in [5, 5.41) is 9.68. The van der Waals surface area contributed by atoms with Crippen molar-refractivity contribution < 1.29 is 45.6 Å². The second-order valence-corrected chi connectivity index (χ2v) is 13.3. The van der Waals surface area contributed by atoms with Gasteiger partial charge < -0.3 is 18.9 Å². The van der Waals surface area contributed by atoms with Crippen LogP contribution in [0.3, 0.4) is 0 Å². The molecule has 3 heterocycles. The molecule has 1 aliphatic carbocycles. The zero-order valence-electron chi connectivity index (χ0n) is 23.8. The van der Waals surface area contributed by atoms with Gasteiger partial charge in [0.25, 0.3) is 0 Å². The van der Waals surface area contributed by atoms with E-state index in [1.807, 2.05) is 0 Å². The summed E-state index contributed by atoms with van der Waals surface area (Å²) in [7, 11) is -4.87. The molecule has 2 saturated heterocycles. The molecule has 3 aliphatic rings. The Morgan fingerprint density at radius 2 is 1.73 bits per heavy atom. The molecule has 3 fully saturated rings. The number of carbonyl (C=O) groups excluding carboxylic acids is 3. The lowest BCUT2D eigenvalue weighted by atomic mass is 9.84. The third-order valence-corrected chi connectivity index (χ3v) is 6.97. The van der Waals surface area contributed by atoms with Crippen molar-refractivity contribution in [1.82, 2.24) is 25.8 Å². The molecule has 228 valence electrons. The smallest absolute Gasteiger partial charge is 0.418 e. The highest BCUT2D eigenvalue weighted by molar-refractivity contribution is 7.80. The number of nitrogens with zero attached hydrogens (tertiary/aromatic N) is 4. The molecule has 16 nitrogen and oxygen atoms in total. The predicted molar refractivity (Wildman–Crippen MR) is 141 cm³/mol. The number of fused-ring (bicyclic) bond motifs is 3. The topological polar surface area (TPSA) is 202 Å². The van der Waals surface area contributed by atoms with E-state index in [0.717, 1.165) is 17.9 Å². The highest BCUT2D eigenvalue weighted by Crippen LogP contribution is 2.61. The van der Waals surface area contributed by atoms with Gasteiger partial charge in [-0.3, -0.25) is 20.2 Å². The number of hydroxylamine groups is 2. The summed E-state index contributed by atoms with van der Waals surface area (Å²) in [6.07, 6.45) is 0.677. The lowest BCUT2D eigenvalue weighted by molar-refractivity contribution is -0.0527. The van der Waals surface area contributed by atoms with Crippen LogP contribution in [0.4, 0.5) is 14.4 Å². The fraction of sp³-hybridized carbons (Fsp3) is 0.708. The maximum Gasteiger partial charge on any atom is 0.418 e. The van der Waals surface area contributed by atoms with Gasteiger partial charge in [0.15, 0.2) is 0 Å². The Kier molecular flexibility index (Phi) is 8.01. The van der Waals surface area contributed by atoms with Gasteiger partial charge >= 0.3 is 28.6 Å². The summed E-state index contributed by atoms with van der Waals surface area (Å²) in [5.74, 6) is 0.256. The van der Waals surface area contributed by atoms with Gasteiger partial charge in [-0.2, -0.15) is 13.5 Å². The zero-order chi connectivity index (χ0) is 30.4. The molecule has 1 aromatic heterocycles. The molecular weight excluding hydrogens is 564 g/mol. The number of rotatable bonds is 6. The molecular formula is C24H36N6O10S. The molecule has 41 heavy (non-hydrogen) atoms. The van der Waals surface area contributed by atoms with Crippen LogP contribution >= 0.6 is 0 Å². The van der Waals surface area contributed by atoms with E-state index in [2.05, 4.69) is 25.1 Å². The minimum absolute atomic E-state index is 0.0743. The number of hydrogen-bond acceptors (Lipinski definition) is 11. The number of amides is 4. The van der Waals surface area contributed by atoms with Crippen molar-refractivity contribution in [2.24, 2.45) is 10.4 Å². The Morgan fingerprint density at radius 3 is 2.24 bits per heavy atom. The van der Waals surface area contributed by atoms with Gasteiger partial charge in [-0.1, -0.05) is 5.16 Å². The average molecular weight is 601 g/mol. The molecule has 2 aliphatic heterocycles. The van der Waals surface area contributed by atoms with Gasteiger partial charge in [-0.05, 0) is 66.2 Å². The number of urea groups is 1. The monoisotopic (exact) mass is 600 g/mol. The third-order valence-electron chi connectivity index (χ3n) is 6.62. The minimum atomic E-state index is -4.87. The van der Waals surface area contributed by atoms with Gasteiger partial charge in [-0.15, -0.1) is 4.28 Å². The van der Waals surface area contributed by atoms with Crippen LogP contribution in [0.5, 0.6) is 0 Å². The fourth-order valence-electron chi connectivity index (χ4n) is 4.87. The predicted octanol–water partition coefficient (Wildman–Crippen LogP) is 2.69. The van der Waals surface area contributed by atoms with Crippen molar-refractivity contribution in [2.45, 2.75) is 90.5 Å². The molecule has 1 aromatic rings. The second-order valence-electron chi connectivity index (χ2n) is 12.3. The first-order valence-electron chi connectivity index (χ1n) is 13.1. The van der Waals surface area contributed by atoms with Gasteiger partial charge in [-0.25, -0.2) is 14.4 Å². The SMILES string of the molecule is CC(C)(C)OC(=O)NC(=NCCc1cc([C@@H]2CC3(CC3)[C@@H]3CN2C(=O)N3OS(=O)(=O)O)no1)NC(=O)OC(C)(C)C. The van der Waals surface area contributed by atoms with Crippen LogP contribution in [0, 0.1) is 5.41 Å². The summed E-state index contributed by atoms with van der Waals surface area (Å²) in [5.41, 5.74) is -1.41. The quantitative estimate of drug-likeness (QED) is 0.246. The molecule has 17 heteroatoms. The number of ether oxygens (including phenoxy) is 2. The van der Waals surface area contributed by atoms with E-state index < -0.39 is 51.9 Å². The van der Waals surface area contributed by atoms with Crippen LogP contribution < -0.4 is 10.6 Å². The van der Waals surface area contributed by atoms with E-state index in [9.17, 15) is 22.8 Å². The molecule has 2 atom stereocenters. The number of aliphatic imine (C=N–C) groups is 1. The Balaban J connectivity index is 1.43. The normalized spacial score (nSPS) is 21.5. The van der Waals surface area contributed by atoms with Gasteiger partial charge in [0.2, 0.25) is 5.96 Å². The van der Waals surface area contributed by atoms with Crippen molar-refractivity contribution in [3.8, 4) is 0 Å². The van der Waals surface area contributed by atoms with Crippen LogP contribution in [-0.2, 0) is 30.6 Å². The van der Waals surface area contributed by atoms with Gasteiger partial charge in [0.1, 0.15) is 22.7 Å². The summed E-state index contributed by atoms with van der Waals surface area (Å²) in [6, 6.07) is 0.0256. The minimum Gasteiger partial charge on any atom is -0.444 e. The fourth-order valence-corrected chi connectivity index (χ4v) is 5.24. The summed E-state index contributed by atoms with van der Waals surface area (Å²) in [6.45, 7) is 10.5. The van der Waals surface area contributed by atoms with E-state index in [1.54, 1.807) is 47.6 Å². The number of aromatic nitrogens is 1. The standard InChI is InChI=1S/C24H36N6O10S/c1-22(2,3)37-19(31)26-18(27-20(32)38-23(4,5)6)25-10-7-14-11-15(28-39-14)16-12-24(8-9-24)17-13-29(16)21(33)30(17)40-41(34,35)36/h11,16-17H,7-10,12-13H2,1-6H3,(H,34,35,36)(H2,25,26,27,31,32)/t16-,17-/m0/s1.